The van der Waals surface area contributed by atoms with Crippen LogP contribution in [0.15, 0.2) is 29.1 Å². The molecule has 0 radical (unpaired) electrons. The maximum Gasteiger partial charge on any atom is 0.269 e. The monoisotopic (exact) mass is 207 g/mol. The van der Waals surface area contributed by atoms with Crippen LogP contribution in [0, 0.1) is 6.92 Å². The fourth-order valence-corrected chi connectivity index (χ4v) is 1.81. The molecule has 0 spiro atoms. The minimum Gasteiger partial charge on any atom is -0.310 e. The predicted molar refractivity (Wildman–Crippen MR) is 58.9 cm³/mol. The Kier molecular flexibility index (Phi) is 2.08. The van der Waals surface area contributed by atoms with E-state index in [-0.39, 0.29) is 10.6 Å². The molecule has 0 aliphatic heterocycles. The van der Waals surface area contributed by atoms with E-state index in [1.165, 1.54) is 0 Å². The van der Waals surface area contributed by atoms with Gasteiger partial charge in [0.1, 0.15) is 5.02 Å². The molecule has 0 bridgehead atoms. The molecular weight excluding hydrogens is 198 g/mol. The van der Waals surface area contributed by atoms with Crippen molar-refractivity contribution in [3.63, 3.8) is 0 Å². The van der Waals surface area contributed by atoms with E-state index < -0.39 is 0 Å². The summed E-state index contributed by atoms with van der Waals surface area (Å²) in [4.78, 5) is 11.5. The second-order valence-electron chi connectivity index (χ2n) is 3.42. The number of fused-ring (bicyclic) bond motifs is 1. The molecular formula is C11H10ClNO. The lowest BCUT2D eigenvalue weighted by atomic mass is 10.1. The molecule has 1 aromatic heterocycles. The Morgan fingerprint density at radius 1 is 1.29 bits per heavy atom. The number of hydrogen-bond acceptors (Lipinski definition) is 1. The summed E-state index contributed by atoms with van der Waals surface area (Å²) in [5, 5.41) is 1.27. The molecule has 2 aromatic rings. The number of aromatic nitrogens is 1. The highest BCUT2D eigenvalue weighted by atomic mass is 35.5. The van der Waals surface area contributed by atoms with E-state index in [0.29, 0.717) is 0 Å². The van der Waals surface area contributed by atoms with Crippen LogP contribution in [0.1, 0.15) is 5.56 Å². The average Bonchev–Trinajstić information content (AvgIpc) is 2.14. The summed E-state index contributed by atoms with van der Waals surface area (Å²) in [7, 11) is 1.73. The van der Waals surface area contributed by atoms with E-state index in [2.05, 4.69) is 0 Å². The van der Waals surface area contributed by atoms with E-state index >= 15 is 0 Å². The highest BCUT2D eigenvalue weighted by Crippen LogP contribution is 2.16. The number of aryl methyl sites for hydroxylation is 2. The predicted octanol–water partition coefficient (Wildman–Crippen LogP) is 2.50. The third-order valence-electron chi connectivity index (χ3n) is 2.34. The van der Waals surface area contributed by atoms with Crippen LogP contribution in [-0.2, 0) is 7.05 Å². The zero-order valence-corrected chi connectivity index (χ0v) is 8.80. The van der Waals surface area contributed by atoms with E-state index in [4.69, 9.17) is 11.6 Å². The van der Waals surface area contributed by atoms with E-state index in [1.54, 1.807) is 17.7 Å². The fourth-order valence-electron chi connectivity index (χ4n) is 1.56. The summed E-state index contributed by atoms with van der Waals surface area (Å²) < 4.78 is 1.57. The number of halogens is 1. The molecule has 2 nitrogen and oxygen atoms in total. The van der Waals surface area contributed by atoms with Gasteiger partial charge in [0.05, 0.1) is 5.52 Å². The lowest BCUT2D eigenvalue weighted by Crippen LogP contribution is -2.16. The van der Waals surface area contributed by atoms with Crippen LogP contribution in [0.2, 0.25) is 5.02 Å². The Morgan fingerprint density at radius 3 is 2.71 bits per heavy atom. The van der Waals surface area contributed by atoms with Crippen LogP contribution in [-0.4, -0.2) is 4.57 Å². The normalized spacial score (nSPS) is 10.8. The zero-order chi connectivity index (χ0) is 10.3. The maximum atomic E-state index is 11.5. The van der Waals surface area contributed by atoms with Crippen molar-refractivity contribution in [3.8, 4) is 0 Å². The van der Waals surface area contributed by atoms with Gasteiger partial charge in [-0.2, -0.15) is 0 Å². The number of benzene rings is 1. The molecule has 0 saturated carbocycles. The van der Waals surface area contributed by atoms with Crippen molar-refractivity contribution in [2.75, 3.05) is 0 Å². The van der Waals surface area contributed by atoms with E-state index in [9.17, 15) is 4.79 Å². The number of rotatable bonds is 0. The second-order valence-corrected chi connectivity index (χ2v) is 3.83. The summed E-state index contributed by atoms with van der Waals surface area (Å²) >= 11 is 5.81. The Balaban J connectivity index is 2.98. The molecule has 0 unspecified atom stereocenters. The van der Waals surface area contributed by atoms with Crippen molar-refractivity contribution in [1.82, 2.24) is 4.57 Å². The molecule has 2 rings (SSSR count). The number of pyridine rings is 1. The Bertz CT molecular complexity index is 557. The highest BCUT2D eigenvalue weighted by Gasteiger charge is 2.03. The Hall–Kier alpha value is -1.28. The first kappa shape index (κ1) is 9.28. The van der Waals surface area contributed by atoms with Crippen LogP contribution in [0.25, 0.3) is 10.9 Å². The molecule has 3 heteroatoms. The van der Waals surface area contributed by atoms with Crippen LogP contribution < -0.4 is 5.56 Å². The summed E-state index contributed by atoms with van der Waals surface area (Å²) in [5.74, 6) is 0. The highest BCUT2D eigenvalue weighted by molar-refractivity contribution is 6.31. The smallest absolute Gasteiger partial charge is 0.269 e. The number of hydrogen-bond donors (Lipinski definition) is 0. The SMILES string of the molecule is Cc1ccc2c(c1)cc(Cl)c(=O)n2C. The van der Waals surface area contributed by atoms with Gasteiger partial charge in [0.15, 0.2) is 0 Å². The molecule has 1 heterocycles. The topological polar surface area (TPSA) is 22.0 Å². The molecule has 0 N–H and O–H groups in total. The quantitative estimate of drug-likeness (QED) is 0.651. The van der Waals surface area contributed by atoms with Crippen molar-refractivity contribution in [1.29, 1.82) is 0 Å². The molecule has 1 aromatic carbocycles. The van der Waals surface area contributed by atoms with Crippen LogP contribution in [0.5, 0.6) is 0 Å². The maximum absolute atomic E-state index is 11.5. The minimum absolute atomic E-state index is 0.150. The van der Waals surface area contributed by atoms with E-state index in [0.717, 1.165) is 16.5 Å². The molecule has 0 fully saturated rings. The van der Waals surface area contributed by atoms with Crippen molar-refractivity contribution in [2.45, 2.75) is 6.92 Å². The molecule has 0 aliphatic rings. The van der Waals surface area contributed by atoms with Gasteiger partial charge in [-0.25, -0.2) is 0 Å². The molecule has 0 amide bonds. The first-order valence-corrected chi connectivity index (χ1v) is 4.73. The first-order valence-electron chi connectivity index (χ1n) is 4.35. The van der Waals surface area contributed by atoms with Gasteiger partial charge in [-0.1, -0.05) is 23.2 Å². The number of nitrogens with zero attached hydrogens (tertiary/aromatic N) is 1. The lowest BCUT2D eigenvalue weighted by Gasteiger charge is -2.05. The van der Waals surface area contributed by atoms with Crippen molar-refractivity contribution in [2.24, 2.45) is 7.05 Å². The van der Waals surface area contributed by atoms with Gasteiger partial charge >= 0.3 is 0 Å². The summed E-state index contributed by atoms with van der Waals surface area (Å²) in [6.07, 6.45) is 0. The molecule has 0 atom stereocenters. The average molecular weight is 208 g/mol. The van der Waals surface area contributed by atoms with Gasteiger partial charge < -0.3 is 4.57 Å². The second kappa shape index (κ2) is 3.14. The minimum atomic E-state index is -0.150. The fraction of sp³-hybridized carbons (Fsp3) is 0.182. The standard InChI is InChI=1S/C11H10ClNO/c1-7-3-4-10-8(5-7)6-9(12)11(14)13(10)2/h3-6H,1-2H3. The van der Waals surface area contributed by atoms with E-state index in [1.807, 2.05) is 25.1 Å². The summed E-state index contributed by atoms with van der Waals surface area (Å²) in [6, 6.07) is 7.64. The van der Waals surface area contributed by atoms with Gasteiger partial charge in [-0.3, -0.25) is 4.79 Å². The van der Waals surface area contributed by atoms with Gasteiger partial charge in [0.2, 0.25) is 0 Å². The van der Waals surface area contributed by atoms with Crippen LogP contribution in [0.3, 0.4) is 0 Å². The van der Waals surface area contributed by atoms with Gasteiger partial charge in [-0.05, 0) is 25.1 Å². The third kappa shape index (κ3) is 1.32. The summed E-state index contributed by atoms with van der Waals surface area (Å²) in [6.45, 7) is 2.01. The van der Waals surface area contributed by atoms with Crippen molar-refractivity contribution >= 4 is 22.5 Å². The van der Waals surface area contributed by atoms with Crippen molar-refractivity contribution in [3.05, 3.63) is 45.2 Å². The summed E-state index contributed by atoms with van der Waals surface area (Å²) in [5.41, 5.74) is 1.92. The van der Waals surface area contributed by atoms with Gasteiger partial charge in [0, 0.05) is 12.4 Å². The first-order chi connectivity index (χ1) is 6.59. The van der Waals surface area contributed by atoms with Crippen LogP contribution >= 0.6 is 11.6 Å². The lowest BCUT2D eigenvalue weighted by molar-refractivity contribution is 0.906. The zero-order valence-electron chi connectivity index (χ0n) is 8.04. The van der Waals surface area contributed by atoms with Gasteiger partial charge in [-0.15, -0.1) is 0 Å². The van der Waals surface area contributed by atoms with Gasteiger partial charge in [0.25, 0.3) is 5.56 Å². The third-order valence-corrected chi connectivity index (χ3v) is 2.61. The molecule has 72 valence electrons. The molecule has 14 heavy (non-hydrogen) atoms. The van der Waals surface area contributed by atoms with Crippen molar-refractivity contribution < 1.29 is 0 Å². The largest absolute Gasteiger partial charge is 0.310 e. The Labute approximate surface area is 86.7 Å². The molecule has 0 saturated heterocycles. The molecule has 0 aliphatic carbocycles. The Morgan fingerprint density at radius 2 is 2.00 bits per heavy atom. The van der Waals surface area contributed by atoms with Crippen LogP contribution in [0.4, 0.5) is 0 Å².